The van der Waals surface area contributed by atoms with Crippen molar-refractivity contribution in [3.8, 4) is 0 Å². The Labute approximate surface area is 165 Å². The van der Waals surface area contributed by atoms with Crippen LogP contribution in [0.3, 0.4) is 0 Å². The molecule has 148 valence electrons. The van der Waals surface area contributed by atoms with E-state index in [1.165, 1.54) is 37.0 Å². The molecule has 0 amide bonds. The Kier molecular flexibility index (Phi) is 7.26. The minimum absolute atomic E-state index is 0.218. The lowest BCUT2D eigenvalue weighted by molar-refractivity contribution is 0.306. The van der Waals surface area contributed by atoms with E-state index in [1.807, 2.05) is 18.3 Å². The molecule has 0 aromatic carbocycles. The summed E-state index contributed by atoms with van der Waals surface area (Å²) >= 11 is 1.88. The number of aryl methyl sites for hydroxylation is 2. The molecule has 1 aliphatic rings. The van der Waals surface area contributed by atoms with Crippen molar-refractivity contribution >= 4 is 17.3 Å². The predicted molar refractivity (Wildman–Crippen MR) is 110 cm³/mol. The van der Waals surface area contributed by atoms with Crippen LogP contribution >= 0.6 is 11.3 Å². The second kappa shape index (κ2) is 9.88. The minimum atomic E-state index is 0.218. The topological polar surface area (TPSA) is 75.3 Å². The van der Waals surface area contributed by atoms with Crippen LogP contribution in [-0.4, -0.2) is 35.7 Å². The molecule has 3 rings (SSSR count). The van der Waals surface area contributed by atoms with E-state index in [0.29, 0.717) is 11.7 Å². The van der Waals surface area contributed by atoms with Crippen LogP contribution < -0.4 is 10.6 Å². The molecule has 0 aliphatic heterocycles. The quantitative estimate of drug-likeness (QED) is 0.408. The highest BCUT2D eigenvalue weighted by molar-refractivity contribution is 7.10. The summed E-state index contributed by atoms with van der Waals surface area (Å²) in [7, 11) is 0. The number of nitrogens with one attached hydrogen (secondary N) is 2. The smallest absolute Gasteiger partial charge is 0.226 e. The largest absolute Gasteiger partial charge is 0.357 e. The number of guanidine groups is 1. The molecular weight excluding hydrogens is 358 g/mol. The first-order chi connectivity index (χ1) is 13.2. The Balaban J connectivity index is 1.56. The van der Waals surface area contributed by atoms with E-state index in [-0.39, 0.29) is 5.41 Å². The zero-order valence-electron chi connectivity index (χ0n) is 16.5. The van der Waals surface area contributed by atoms with Gasteiger partial charge in [-0.05, 0) is 44.6 Å². The summed E-state index contributed by atoms with van der Waals surface area (Å²) in [6, 6.07) is 4.46. The molecular formula is C20H31N5OS. The van der Waals surface area contributed by atoms with E-state index in [4.69, 9.17) is 9.52 Å². The van der Waals surface area contributed by atoms with Crippen LogP contribution in [0.4, 0.5) is 0 Å². The molecule has 0 unspecified atom stereocenters. The summed E-state index contributed by atoms with van der Waals surface area (Å²) in [5.74, 6) is 2.30. The van der Waals surface area contributed by atoms with Crippen molar-refractivity contribution in [1.82, 2.24) is 20.8 Å². The van der Waals surface area contributed by atoms with Crippen molar-refractivity contribution in [2.24, 2.45) is 4.99 Å². The molecule has 0 spiro atoms. The van der Waals surface area contributed by atoms with Crippen molar-refractivity contribution < 1.29 is 4.52 Å². The first-order valence-electron chi connectivity index (χ1n) is 10.1. The summed E-state index contributed by atoms with van der Waals surface area (Å²) in [6.45, 7) is 6.50. The first-order valence-corrected chi connectivity index (χ1v) is 11.0. The van der Waals surface area contributed by atoms with Crippen LogP contribution in [0.5, 0.6) is 0 Å². The van der Waals surface area contributed by atoms with Gasteiger partial charge in [-0.2, -0.15) is 4.98 Å². The average Bonchev–Trinajstić information content (AvgIpc) is 3.36. The number of nitrogens with zero attached hydrogens (tertiary/aromatic N) is 3. The molecule has 0 atom stereocenters. The maximum Gasteiger partial charge on any atom is 0.226 e. The third-order valence-corrected chi connectivity index (χ3v) is 6.28. The average molecular weight is 390 g/mol. The van der Waals surface area contributed by atoms with Gasteiger partial charge in [0.1, 0.15) is 0 Å². The minimum Gasteiger partial charge on any atom is -0.357 e. The Morgan fingerprint density at radius 1 is 1.30 bits per heavy atom. The summed E-state index contributed by atoms with van der Waals surface area (Å²) in [5, 5.41) is 12.9. The van der Waals surface area contributed by atoms with Crippen LogP contribution in [0.2, 0.25) is 0 Å². The summed E-state index contributed by atoms with van der Waals surface area (Å²) in [4.78, 5) is 10.7. The Bertz CT molecular complexity index is 704. The number of rotatable bonds is 8. The number of thiophene rings is 1. The maximum absolute atomic E-state index is 5.17. The number of hydrogen-bond donors (Lipinski definition) is 2. The van der Waals surface area contributed by atoms with E-state index >= 15 is 0 Å². The SMILES string of the molecule is CCNC(=NCC1(c2cccs2)CCCCC1)NCCCc1nc(C)no1. The monoisotopic (exact) mass is 389 g/mol. The Morgan fingerprint density at radius 2 is 2.15 bits per heavy atom. The van der Waals surface area contributed by atoms with Crippen LogP contribution in [0, 0.1) is 6.92 Å². The van der Waals surface area contributed by atoms with Crippen LogP contribution in [0.1, 0.15) is 62.0 Å². The molecule has 0 radical (unpaired) electrons. The van der Waals surface area contributed by atoms with E-state index in [1.54, 1.807) is 0 Å². The standard InChI is InChI=1S/C20H31N5OS/c1-3-21-19(22-13-7-10-18-24-16(2)25-26-18)23-15-20(11-5-4-6-12-20)17-9-8-14-27-17/h8-9,14H,3-7,10-13,15H2,1-2H3,(H2,21,22,23). The normalized spacial score (nSPS) is 17.0. The summed E-state index contributed by atoms with van der Waals surface area (Å²) in [5.41, 5.74) is 0.218. The van der Waals surface area contributed by atoms with Crippen molar-refractivity contribution in [2.75, 3.05) is 19.6 Å². The highest BCUT2D eigenvalue weighted by atomic mass is 32.1. The third-order valence-electron chi connectivity index (χ3n) is 5.17. The molecule has 2 heterocycles. The lowest BCUT2D eigenvalue weighted by Gasteiger charge is -2.35. The number of hydrogen-bond acceptors (Lipinski definition) is 5. The molecule has 0 bridgehead atoms. The van der Waals surface area contributed by atoms with Crippen molar-refractivity contribution in [3.05, 3.63) is 34.1 Å². The Hall–Kier alpha value is -1.89. The number of aromatic nitrogens is 2. The second-order valence-electron chi connectivity index (χ2n) is 7.28. The molecule has 1 aliphatic carbocycles. The maximum atomic E-state index is 5.17. The highest BCUT2D eigenvalue weighted by Gasteiger charge is 2.34. The summed E-state index contributed by atoms with van der Waals surface area (Å²) < 4.78 is 5.17. The fourth-order valence-corrected chi connectivity index (χ4v) is 4.73. The van der Waals surface area contributed by atoms with E-state index in [2.05, 4.69) is 45.2 Å². The van der Waals surface area contributed by atoms with E-state index in [9.17, 15) is 0 Å². The van der Waals surface area contributed by atoms with Crippen LogP contribution in [0.15, 0.2) is 27.0 Å². The number of aliphatic imine (C=N–C) groups is 1. The molecule has 2 N–H and O–H groups in total. The molecule has 1 saturated carbocycles. The van der Waals surface area contributed by atoms with Gasteiger partial charge in [-0.25, -0.2) is 0 Å². The molecule has 6 nitrogen and oxygen atoms in total. The van der Waals surface area contributed by atoms with Gasteiger partial charge in [0, 0.05) is 29.8 Å². The van der Waals surface area contributed by atoms with Crippen LogP contribution in [-0.2, 0) is 11.8 Å². The lowest BCUT2D eigenvalue weighted by atomic mass is 9.73. The van der Waals surface area contributed by atoms with Gasteiger partial charge in [-0.3, -0.25) is 4.99 Å². The van der Waals surface area contributed by atoms with Gasteiger partial charge >= 0.3 is 0 Å². The fourth-order valence-electron chi connectivity index (χ4n) is 3.75. The molecule has 2 aromatic rings. The van der Waals surface area contributed by atoms with Gasteiger partial charge in [0.25, 0.3) is 0 Å². The second-order valence-corrected chi connectivity index (χ2v) is 8.23. The van der Waals surface area contributed by atoms with Gasteiger partial charge in [0.05, 0.1) is 6.54 Å². The van der Waals surface area contributed by atoms with Crippen molar-refractivity contribution in [1.29, 1.82) is 0 Å². The molecule has 1 fully saturated rings. The van der Waals surface area contributed by atoms with Gasteiger partial charge in [0.15, 0.2) is 11.8 Å². The molecule has 2 aromatic heterocycles. The summed E-state index contributed by atoms with van der Waals surface area (Å²) in [6.07, 6.45) is 8.17. The fraction of sp³-hybridized carbons (Fsp3) is 0.650. The van der Waals surface area contributed by atoms with E-state index < -0.39 is 0 Å². The van der Waals surface area contributed by atoms with E-state index in [0.717, 1.165) is 38.4 Å². The van der Waals surface area contributed by atoms with Crippen LogP contribution in [0.25, 0.3) is 0 Å². The van der Waals surface area contributed by atoms with Gasteiger partial charge < -0.3 is 15.2 Å². The first kappa shape index (κ1) is 19.9. The highest BCUT2D eigenvalue weighted by Crippen LogP contribution is 2.41. The lowest BCUT2D eigenvalue weighted by Crippen LogP contribution is -2.40. The van der Waals surface area contributed by atoms with Gasteiger partial charge in [0.2, 0.25) is 5.89 Å². The van der Waals surface area contributed by atoms with Crippen molar-refractivity contribution in [3.63, 3.8) is 0 Å². The van der Waals surface area contributed by atoms with Gasteiger partial charge in [-0.15, -0.1) is 11.3 Å². The van der Waals surface area contributed by atoms with Gasteiger partial charge in [-0.1, -0.05) is 30.5 Å². The van der Waals surface area contributed by atoms with Crippen molar-refractivity contribution in [2.45, 2.75) is 64.2 Å². The zero-order chi connectivity index (χ0) is 19.0. The predicted octanol–water partition coefficient (Wildman–Crippen LogP) is 3.83. The Morgan fingerprint density at radius 3 is 2.81 bits per heavy atom. The molecule has 27 heavy (non-hydrogen) atoms. The molecule has 7 heteroatoms. The third kappa shape index (κ3) is 5.54. The molecule has 0 saturated heterocycles. The zero-order valence-corrected chi connectivity index (χ0v) is 17.3.